The normalized spacial score (nSPS) is 12.4. The lowest BCUT2D eigenvalue weighted by atomic mass is 10.1. The topological polar surface area (TPSA) is 12.9 Å². The van der Waals surface area contributed by atoms with Crippen LogP contribution in [0.2, 0.25) is 0 Å². The summed E-state index contributed by atoms with van der Waals surface area (Å²) >= 11 is 3.72. The van der Waals surface area contributed by atoms with E-state index in [4.69, 9.17) is 0 Å². The number of aromatic nitrogens is 1. The number of benzene rings is 1. The molecule has 0 spiro atoms. The average Bonchev–Trinajstić information content (AvgIpc) is 2.33. The summed E-state index contributed by atoms with van der Waals surface area (Å²) in [5.41, 5.74) is 3.71. The average molecular weight is 276 g/mol. The molecule has 0 saturated heterocycles. The van der Waals surface area contributed by atoms with E-state index in [1.165, 1.54) is 11.1 Å². The van der Waals surface area contributed by atoms with Crippen molar-refractivity contribution in [3.05, 3.63) is 65.5 Å². The van der Waals surface area contributed by atoms with Crippen LogP contribution in [0, 0.1) is 6.92 Å². The minimum atomic E-state index is 0.335. The highest BCUT2D eigenvalue weighted by atomic mass is 79.9. The van der Waals surface area contributed by atoms with Gasteiger partial charge in [0.25, 0.3) is 0 Å². The Morgan fingerprint density at radius 2 is 1.88 bits per heavy atom. The maximum absolute atomic E-state index is 4.41. The van der Waals surface area contributed by atoms with E-state index in [-0.39, 0.29) is 0 Å². The van der Waals surface area contributed by atoms with Crippen molar-refractivity contribution in [1.29, 1.82) is 0 Å². The van der Waals surface area contributed by atoms with Gasteiger partial charge >= 0.3 is 0 Å². The van der Waals surface area contributed by atoms with Crippen molar-refractivity contribution < 1.29 is 0 Å². The molecule has 82 valence electrons. The minimum absolute atomic E-state index is 0.335. The predicted octanol–water partition coefficient (Wildman–Crippen LogP) is 4.07. The zero-order valence-electron chi connectivity index (χ0n) is 9.23. The monoisotopic (exact) mass is 275 g/mol. The molecule has 0 fully saturated rings. The molecule has 0 radical (unpaired) electrons. The van der Waals surface area contributed by atoms with Crippen LogP contribution in [0.3, 0.4) is 0 Å². The summed E-state index contributed by atoms with van der Waals surface area (Å²) in [5, 5.41) is 0. The van der Waals surface area contributed by atoms with Gasteiger partial charge in [-0.05, 0) is 24.1 Å². The smallest absolute Gasteiger partial charge is 0.0450 e. The summed E-state index contributed by atoms with van der Waals surface area (Å²) in [6.45, 7) is 2.10. The Kier molecular flexibility index (Phi) is 3.73. The Hall–Kier alpha value is -1.15. The van der Waals surface area contributed by atoms with Crippen molar-refractivity contribution in [3.8, 4) is 0 Å². The summed E-state index contributed by atoms with van der Waals surface area (Å²) in [5.74, 6) is 0. The van der Waals surface area contributed by atoms with Crippen molar-refractivity contribution in [2.75, 3.05) is 0 Å². The largest absolute Gasteiger partial charge is 0.261 e. The highest BCUT2D eigenvalue weighted by Crippen LogP contribution is 2.26. The summed E-state index contributed by atoms with van der Waals surface area (Å²) in [7, 11) is 0. The molecular weight excluding hydrogens is 262 g/mol. The molecule has 2 aromatic rings. The first-order valence-electron chi connectivity index (χ1n) is 5.37. The van der Waals surface area contributed by atoms with Gasteiger partial charge in [-0.2, -0.15) is 0 Å². The highest BCUT2D eigenvalue weighted by molar-refractivity contribution is 9.09. The fraction of sp³-hybridized carbons (Fsp3) is 0.214. The van der Waals surface area contributed by atoms with Gasteiger partial charge in [0.2, 0.25) is 0 Å². The minimum Gasteiger partial charge on any atom is -0.261 e. The molecule has 1 unspecified atom stereocenters. The molecular formula is C14H14BrN. The molecule has 0 aliphatic heterocycles. The van der Waals surface area contributed by atoms with Gasteiger partial charge in [0.05, 0.1) is 0 Å². The molecule has 0 bridgehead atoms. The van der Waals surface area contributed by atoms with E-state index < -0.39 is 0 Å². The lowest BCUT2D eigenvalue weighted by Crippen LogP contribution is -1.99. The molecule has 0 saturated carbocycles. The fourth-order valence-corrected chi connectivity index (χ4v) is 2.29. The zero-order chi connectivity index (χ0) is 11.4. The van der Waals surface area contributed by atoms with E-state index >= 15 is 0 Å². The van der Waals surface area contributed by atoms with E-state index in [2.05, 4.69) is 58.2 Å². The van der Waals surface area contributed by atoms with Crippen LogP contribution in [-0.4, -0.2) is 4.98 Å². The third kappa shape index (κ3) is 2.70. The Morgan fingerprint density at radius 1 is 1.12 bits per heavy atom. The second-order valence-corrected chi connectivity index (χ2v) is 4.95. The quantitative estimate of drug-likeness (QED) is 0.770. The summed E-state index contributed by atoms with van der Waals surface area (Å²) in [6, 6.07) is 14.5. The zero-order valence-corrected chi connectivity index (χ0v) is 10.8. The lowest BCUT2D eigenvalue weighted by Gasteiger charge is -2.11. The molecule has 0 amide bonds. The molecule has 0 aliphatic rings. The Morgan fingerprint density at radius 3 is 2.56 bits per heavy atom. The van der Waals surface area contributed by atoms with E-state index in [1.54, 1.807) is 0 Å². The van der Waals surface area contributed by atoms with Crippen LogP contribution < -0.4 is 0 Å². The number of hydrogen-bond acceptors (Lipinski definition) is 1. The van der Waals surface area contributed by atoms with Gasteiger partial charge in [0, 0.05) is 23.1 Å². The van der Waals surface area contributed by atoms with Crippen LogP contribution in [0.25, 0.3) is 0 Å². The van der Waals surface area contributed by atoms with Gasteiger partial charge in [0.1, 0.15) is 0 Å². The summed E-state index contributed by atoms with van der Waals surface area (Å²) in [4.78, 5) is 4.75. The van der Waals surface area contributed by atoms with E-state index in [0.29, 0.717) is 4.83 Å². The van der Waals surface area contributed by atoms with Crippen molar-refractivity contribution in [1.82, 2.24) is 4.98 Å². The standard InChI is InChI=1S/C14H14BrN/c1-11-6-5-9-16-14(11)10-13(15)12-7-3-2-4-8-12/h2-9,13H,10H2,1H3. The van der Waals surface area contributed by atoms with Crippen LogP contribution in [0.4, 0.5) is 0 Å². The van der Waals surface area contributed by atoms with E-state index in [1.807, 2.05) is 18.3 Å². The predicted molar refractivity (Wildman–Crippen MR) is 70.8 cm³/mol. The van der Waals surface area contributed by atoms with E-state index in [0.717, 1.165) is 12.1 Å². The van der Waals surface area contributed by atoms with Gasteiger partial charge in [-0.1, -0.05) is 52.3 Å². The second kappa shape index (κ2) is 5.26. The maximum Gasteiger partial charge on any atom is 0.0450 e. The molecule has 1 atom stereocenters. The van der Waals surface area contributed by atoms with Crippen LogP contribution in [0.15, 0.2) is 48.7 Å². The highest BCUT2D eigenvalue weighted by Gasteiger charge is 2.09. The van der Waals surface area contributed by atoms with Gasteiger partial charge in [-0.3, -0.25) is 4.98 Å². The first kappa shape index (κ1) is 11.3. The second-order valence-electron chi connectivity index (χ2n) is 3.85. The maximum atomic E-state index is 4.41. The van der Waals surface area contributed by atoms with Crippen LogP contribution in [-0.2, 0) is 6.42 Å². The first-order chi connectivity index (χ1) is 7.77. The molecule has 1 heterocycles. The number of hydrogen-bond donors (Lipinski definition) is 0. The molecule has 2 heteroatoms. The van der Waals surface area contributed by atoms with Gasteiger partial charge in [-0.25, -0.2) is 0 Å². The third-order valence-electron chi connectivity index (χ3n) is 2.65. The SMILES string of the molecule is Cc1cccnc1CC(Br)c1ccccc1. The number of halogens is 1. The Bertz CT molecular complexity index is 453. The molecule has 16 heavy (non-hydrogen) atoms. The van der Waals surface area contributed by atoms with Gasteiger partial charge in [-0.15, -0.1) is 0 Å². The van der Waals surface area contributed by atoms with Crippen molar-refractivity contribution in [2.24, 2.45) is 0 Å². The number of alkyl halides is 1. The third-order valence-corrected chi connectivity index (χ3v) is 3.50. The number of aryl methyl sites for hydroxylation is 1. The first-order valence-corrected chi connectivity index (χ1v) is 6.28. The summed E-state index contributed by atoms with van der Waals surface area (Å²) < 4.78 is 0. The summed E-state index contributed by atoms with van der Waals surface area (Å²) in [6.07, 6.45) is 2.78. The molecule has 0 N–H and O–H groups in total. The number of pyridine rings is 1. The number of nitrogens with zero attached hydrogens (tertiary/aromatic N) is 1. The van der Waals surface area contributed by atoms with Crippen molar-refractivity contribution >= 4 is 15.9 Å². The Labute approximate surface area is 105 Å². The van der Waals surface area contributed by atoms with Crippen LogP contribution >= 0.6 is 15.9 Å². The lowest BCUT2D eigenvalue weighted by molar-refractivity contribution is 0.892. The Balaban J connectivity index is 2.14. The molecule has 1 nitrogen and oxygen atoms in total. The van der Waals surface area contributed by atoms with Gasteiger partial charge in [0.15, 0.2) is 0 Å². The van der Waals surface area contributed by atoms with Crippen LogP contribution in [0.5, 0.6) is 0 Å². The molecule has 1 aromatic carbocycles. The van der Waals surface area contributed by atoms with Crippen molar-refractivity contribution in [3.63, 3.8) is 0 Å². The molecule has 2 rings (SSSR count). The van der Waals surface area contributed by atoms with E-state index in [9.17, 15) is 0 Å². The van der Waals surface area contributed by atoms with Crippen LogP contribution in [0.1, 0.15) is 21.6 Å². The fourth-order valence-electron chi connectivity index (χ4n) is 1.68. The van der Waals surface area contributed by atoms with Gasteiger partial charge < -0.3 is 0 Å². The molecule has 0 aliphatic carbocycles. The van der Waals surface area contributed by atoms with Crippen molar-refractivity contribution in [2.45, 2.75) is 18.2 Å². The number of rotatable bonds is 3. The molecule has 1 aromatic heterocycles.